The summed E-state index contributed by atoms with van der Waals surface area (Å²) in [7, 11) is -3.28. The summed E-state index contributed by atoms with van der Waals surface area (Å²) in [6, 6.07) is 8.97. The van der Waals surface area contributed by atoms with Gasteiger partial charge in [-0.05, 0) is 36.4 Å². The number of rotatable bonds is 2. The molecule has 0 bridgehead atoms. The predicted molar refractivity (Wildman–Crippen MR) is 78.0 cm³/mol. The minimum atomic E-state index is -3.28. The quantitative estimate of drug-likeness (QED) is 0.629. The Labute approximate surface area is 120 Å². The second-order valence-electron chi connectivity index (χ2n) is 4.74. The molecule has 0 aliphatic rings. The maximum Gasteiger partial charge on any atom is 0.175 e. The highest BCUT2D eigenvalue weighted by atomic mass is 32.2. The van der Waals surface area contributed by atoms with Crippen molar-refractivity contribution in [3.8, 4) is 22.9 Å². The van der Waals surface area contributed by atoms with Crippen molar-refractivity contribution in [2.75, 3.05) is 6.26 Å². The highest BCUT2D eigenvalue weighted by Gasteiger charge is 2.12. The summed E-state index contributed by atoms with van der Waals surface area (Å²) < 4.78 is 23.1. The van der Waals surface area contributed by atoms with E-state index in [-0.39, 0.29) is 16.4 Å². The van der Waals surface area contributed by atoms with E-state index in [4.69, 9.17) is 0 Å². The lowest BCUT2D eigenvalue weighted by Crippen LogP contribution is -1.96. The third-order valence-electron chi connectivity index (χ3n) is 3.13. The van der Waals surface area contributed by atoms with Gasteiger partial charge in [-0.25, -0.2) is 13.4 Å². The molecule has 0 amide bonds. The largest absolute Gasteiger partial charge is 0.504 e. The molecule has 3 aromatic rings. The molecule has 0 radical (unpaired) electrons. The number of nitrogens with zero attached hydrogens (tertiary/aromatic N) is 1. The van der Waals surface area contributed by atoms with Crippen LogP contribution < -0.4 is 0 Å². The lowest BCUT2D eigenvalue weighted by molar-refractivity contribution is 0.404. The second-order valence-corrected chi connectivity index (χ2v) is 6.76. The first-order valence-corrected chi connectivity index (χ1v) is 7.96. The van der Waals surface area contributed by atoms with Crippen LogP contribution in [0.5, 0.6) is 11.5 Å². The average molecular weight is 304 g/mol. The summed E-state index contributed by atoms with van der Waals surface area (Å²) >= 11 is 0. The molecule has 1 heterocycles. The van der Waals surface area contributed by atoms with Crippen LogP contribution in [-0.2, 0) is 9.84 Å². The molecule has 6 nitrogen and oxygen atoms in total. The number of nitrogens with one attached hydrogen (secondary N) is 1. The van der Waals surface area contributed by atoms with E-state index >= 15 is 0 Å². The van der Waals surface area contributed by atoms with Gasteiger partial charge in [-0.1, -0.05) is 0 Å². The topological polar surface area (TPSA) is 103 Å². The molecule has 1 aromatic heterocycles. The van der Waals surface area contributed by atoms with Crippen LogP contribution in [0.15, 0.2) is 41.3 Å². The van der Waals surface area contributed by atoms with E-state index in [9.17, 15) is 18.6 Å². The van der Waals surface area contributed by atoms with Gasteiger partial charge in [0.25, 0.3) is 0 Å². The monoisotopic (exact) mass is 304 g/mol. The molecule has 21 heavy (non-hydrogen) atoms. The van der Waals surface area contributed by atoms with E-state index in [2.05, 4.69) is 9.97 Å². The maximum atomic E-state index is 11.5. The van der Waals surface area contributed by atoms with Crippen LogP contribution in [0.1, 0.15) is 0 Å². The summed E-state index contributed by atoms with van der Waals surface area (Å²) in [4.78, 5) is 7.54. The van der Waals surface area contributed by atoms with Crippen LogP contribution in [0.2, 0.25) is 0 Å². The van der Waals surface area contributed by atoms with Crippen LogP contribution >= 0.6 is 0 Å². The van der Waals surface area contributed by atoms with Crippen molar-refractivity contribution in [2.45, 2.75) is 4.90 Å². The normalized spacial score (nSPS) is 11.9. The molecule has 3 N–H and O–H groups in total. The van der Waals surface area contributed by atoms with Crippen molar-refractivity contribution >= 4 is 20.9 Å². The highest BCUT2D eigenvalue weighted by molar-refractivity contribution is 7.90. The third kappa shape index (κ3) is 2.43. The SMILES string of the molecule is CS(=O)(=O)c1ccc2nc(-c3ccc(O)c(O)c3)[nH]c2c1. The van der Waals surface area contributed by atoms with Gasteiger partial charge in [0.05, 0.1) is 15.9 Å². The number of aromatic nitrogens is 2. The van der Waals surface area contributed by atoms with Crippen LogP contribution in [0.4, 0.5) is 0 Å². The molecule has 0 aliphatic heterocycles. The number of aromatic amines is 1. The van der Waals surface area contributed by atoms with Gasteiger partial charge in [0.1, 0.15) is 5.82 Å². The number of hydrogen-bond acceptors (Lipinski definition) is 5. The van der Waals surface area contributed by atoms with Crippen LogP contribution in [0.25, 0.3) is 22.4 Å². The molecule has 108 valence electrons. The summed E-state index contributed by atoms with van der Waals surface area (Å²) in [6.07, 6.45) is 1.14. The Kier molecular flexibility index (Phi) is 2.87. The molecular weight excluding hydrogens is 292 g/mol. The summed E-state index contributed by atoms with van der Waals surface area (Å²) in [5.74, 6) is 0.0185. The lowest BCUT2D eigenvalue weighted by Gasteiger charge is -1.99. The smallest absolute Gasteiger partial charge is 0.175 e. The van der Waals surface area contributed by atoms with Gasteiger partial charge in [-0.2, -0.15) is 0 Å². The number of benzene rings is 2. The fourth-order valence-corrected chi connectivity index (χ4v) is 2.67. The molecule has 0 saturated carbocycles. The van der Waals surface area contributed by atoms with E-state index in [1.165, 1.54) is 24.3 Å². The van der Waals surface area contributed by atoms with E-state index < -0.39 is 9.84 Å². The Morgan fingerprint density at radius 2 is 1.81 bits per heavy atom. The second kappa shape index (κ2) is 4.49. The summed E-state index contributed by atoms with van der Waals surface area (Å²) in [5, 5.41) is 18.8. The van der Waals surface area contributed by atoms with Gasteiger partial charge >= 0.3 is 0 Å². The average Bonchev–Trinajstić information content (AvgIpc) is 2.83. The first-order valence-electron chi connectivity index (χ1n) is 6.07. The molecule has 0 aliphatic carbocycles. The number of sulfone groups is 1. The number of aromatic hydroxyl groups is 2. The first kappa shape index (κ1) is 13.4. The Morgan fingerprint density at radius 3 is 2.48 bits per heavy atom. The van der Waals surface area contributed by atoms with E-state index in [0.717, 1.165) is 6.26 Å². The molecule has 0 spiro atoms. The summed E-state index contributed by atoms with van der Waals surface area (Å²) in [5.41, 5.74) is 1.79. The zero-order chi connectivity index (χ0) is 15.2. The number of phenols is 2. The number of imidazole rings is 1. The Bertz CT molecular complexity index is 945. The Balaban J connectivity index is 2.14. The fraction of sp³-hybridized carbons (Fsp3) is 0.0714. The molecule has 0 unspecified atom stereocenters. The number of phenolic OH excluding ortho intramolecular Hbond substituents is 2. The van der Waals surface area contributed by atoms with Crippen molar-refractivity contribution < 1.29 is 18.6 Å². The van der Waals surface area contributed by atoms with Gasteiger partial charge in [0.15, 0.2) is 21.3 Å². The van der Waals surface area contributed by atoms with Crippen LogP contribution in [0, 0.1) is 0 Å². The number of H-pyrrole nitrogens is 1. The van der Waals surface area contributed by atoms with Crippen molar-refractivity contribution in [1.29, 1.82) is 0 Å². The molecule has 0 saturated heterocycles. The van der Waals surface area contributed by atoms with E-state index in [1.54, 1.807) is 12.1 Å². The van der Waals surface area contributed by atoms with E-state index in [1.807, 2.05) is 0 Å². The number of fused-ring (bicyclic) bond motifs is 1. The molecule has 2 aromatic carbocycles. The Hall–Kier alpha value is -2.54. The van der Waals surface area contributed by atoms with Crippen LogP contribution in [0.3, 0.4) is 0 Å². The van der Waals surface area contributed by atoms with Gasteiger partial charge in [-0.15, -0.1) is 0 Å². The van der Waals surface area contributed by atoms with Crippen molar-refractivity contribution in [1.82, 2.24) is 9.97 Å². The molecule has 0 atom stereocenters. The Morgan fingerprint density at radius 1 is 1.05 bits per heavy atom. The maximum absolute atomic E-state index is 11.5. The zero-order valence-electron chi connectivity index (χ0n) is 11.0. The van der Waals surface area contributed by atoms with Gasteiger partial charge < -0.3 is 15.2 Å². The van der Waals surface area contributed by atoms with Crippen molar-refractivity contribution in [3.63, 3.8) is 0 Å². The standard InChI is InChI=1S/C14H12N2O4S/c1-21(19,20)9-3-4-10-11(7-9)16-14(15-10)8-2-5-12(17)13(18)6-8/h2-7,17-18H,1H3,(H,15,16). The third-order valence-corrected chi connectivity index (χ3v) is 4.24. The van der Waals surface area contributed by atoms with Gasteiger partial charge in [0.2, 0.25) is 0 Å². The van der Waals surface area contributed by atoms with Gasteiger partial charge in [0, 0.05) is 11.8 Å². The minimum absolute atomic E-state index is 0.207. The molecular formula is C14H12N2O4S. The molecule has 3 rings (SSSR count). The zero-order valence-corrected chi connectivity index (χ0v) is 11.8. The molecule has 7 heteroatoms. The number of hydrogen-bond donors (Lipinski definition) is 3. The fourth-order valence-electron chi connectivity index (χ4n) is 2.03. The van der Waals surface area contributed by atoms with Crippen LogP contribution in [-0.4, -0.2) is 34.9 Å². The lowest BCUT2D eigenvalue weighted by atomic mass is 10.2. The van der Waals surface area contributed by atoms with Crippen molar-refractivity contribution in [3.05, 3.63) is 36.4 Å². The molecule has 0 fully saturated rings. The van der Waals surface area contributed by atoms with E-state index in [0.29, 0.717) is 22.4 Å². The van der Waals surface area contributed by atoms with Gasteiger partial charge in [-0.3, -0.25) is 0 Å². The highest BCUT2D eigenvalue weighted by Crippen LogP contribution is 2.30. The predicted octanol–water partition coefficient (Wildman–Crippen LogP) is 2.04. The van der Waals surface area contributed by atoms with Crippen molar-refractivity contribution in [2.24, 2.45) is 0 Å². The first-order chi connectivity index (χ1) is 9.84. The minimum Gasteiger partial charge on any atom is -0.504 e. The summed E-state index contributed by atoms with van der Waals surface area (Å²) in [6.45, 7) is 0.